The number of hydrogen-bond acceptors (Lipinski definition) is 5. The Hall–Kier alpha value is -3.48. The van der Waals surface area contributed by atoms with Crippen LogP contribution in [0.5, 0.6) is 0 Å². The molecule has 0 bridgehead atoms. The summed E-state index contributed by atoms with van der Waals surface area (Å²) in [4.78, 5) is 7.87. The van der Waals surface area contributed by atoms with Crippen LogP contribution in [0.1, 0.15) is 5.56 Å². The molecule has 166 valence electrons. The second kappa shape index (κ2) is 9.98. The highest BCUT2D eigenvalue weighted by Crippen LogP contribution is 2.29. The minimum absolute atomic E-state index is 0.555. The van der Waals surface area contributed by atoms with E-state index in [0.717, 1.165) is 47.9 Å². The molecule has 0 N–H and O–H groups in total. The Balaban J connectivity index is 1.51. The molecule has 1 aliphatic rings. The van der Waals surface area contributed by atoms with Gasteiger partial charge in [0.1, 0.15) is 0 Å². The quantitative estimate of drug-likeness (QED) is 0.298. The monoisotopic (exact) mass is 454 g/mol. The predicted octanol–water partition coefficient (Wildman–Crippen LogP) is 5.18. The molecular weight excluding hydrogens is 428 g/mol. The molecule has 0 amide bonds. The van der Waals surface area contributed by atoms with Crippen molar-refractivity contribution >= 4 is 34.0 Å². The maximum Gasteiger partial charge on any atom is 0.206 e. The Morgan fingerprint density at radius 3 is 2.58 bits per heavy atom. The van der Waals surface area contributed by atoms with E-state index < -0.39 is 0 Å². The number of rotatable bonds is 6. The fourth-order valence-electron chi connectivity index (χ4n) is 4.01. The van der Waals surface area contributed by atoms with Gasteiger partial charge in [-0.25, -0.2) is 4.68 Å². The van der Waals surface area contributed by atoms with Gasteiger partial charge in [0.25, 0.3) is 0 Å². The Bertz CT molecular complexity index is 1340. The molecule has 5 nitrogen and oxygen atoms in total. The maximum atomic E-state index is 5.46. The molecule has 6 heteroatoms. The second-order valence-electron chi connectivity index (χ2n) is 7.81. The zero-order chi connectivity index (χ0) is 22.5. The van der Waals surface area contributed by atoms with Gasteiger partial charge in [-0.15, -0.1) is 17.9 Å². The third-order valence-electron chi connectivity index (χ3n) is 5.70. The smallest absolute Gasteiger partial charge is 0.206 e. The van der Waals surface area contributed by atoms with Gasteiger partial charge >= 0.3 is 0 Å². The summed E-state index contributed by atoms with van der Waals surface area (Å²) in [5, 5.41) is 9.39. The number of ether oxygens (including phenoxy) is 1. The van der Waals surface area contributed by atoms with Crippen molar-refractivity contribution in [1.29, 1.82) is 0 Å². The standard InChI is InChI=1S/C27H26N4OS/c1-2-14-28-27-31(26(20-33-27)25-9-5-7-22-6-3-4-8-24(22)25)29-19-21-10-12-23(13-11-21)30-15-17-32-18-16-30/h2-13,19-20H,1,14-18H2. The molecule has 0 spiro atoms. The summed E-state index contributed by atoms with van der Waals surface area (Å²) >= 11 is 1.59. The summed E-state index contributed by atoms with van der Waals surface area (Å²) in [6.07, 6.45) is 3.70. The predicted molar refractivity (Wildman–Crippen MR) is 138 cm³/mol. The number of benzene rings is 3. The SMILES string of the molecule is C=CCN=c1scc(-c2cccc3ccccc23)n1N=Cc1ccc(N2CCOCC2)cc1. The van der Waals surface area contributed by atoms with Crippen LogP contribution in [-0.4, -0.2) is 43.7 Å². The Morgan fingerprint density at radius 2 is 1.76 bits per heavy atom. The van der Waals surface area contributed by atoms with Crippen LogP contribution in [0.4, 0.5) is 5.69 Å². The number of nitrogens with zero attached hydrogens (tertiary/aromatic N) is 4. The third-order valence-corrected chi connectivity index (χ3v) is 6.55. The van der Waals surface area contributed by atoms with Crippen molar-refractivity contribution in [3.63, 3.8) is 0 Å². The van der Waals surface area contributed by atoms with E-state index >= 15 is 0 Å². The van der Waals surface area contributed by atoms with Gasteiger partial charge in [0.2, 0.25) is 4.80 Å². The van der Waals surface area contributed by atoms with Gasteiger partial charge in [-0.3, -0.25) is 4.99 Å². The maximum absolute atomic E-state index is 5.46. The van der Waals surface area contributed by atoms with E-state index in [1.807, 2.05) is 10.9 Å². The lowest BCUT2D eigenvalue weighted by Crippen LogP contribution is -2.36. The average molecular weight is 455 g/mol. The largest absolute Gasteiger partial charge is 0.378 e. The number of morpholine rings is 1. The van der Waals surface area contributed by atoms with Crippen LogP contribution in [-0.2, 0) is 4.74 Å². The molecule has 0 saturated carbocycles. The molecule has 1 fully saturated rings. The van der Waals surface area contributed by atoms with Crippen molar-refractivity contribution in [2.75, 3.05) is 37.7 Å². The molecule has 1 aromatic heterocycles. The van der Waals surface area contributed by atoms with E-state index in [-0.39, 0.29) is 0 Å². The second-order valence-corrected chi connectivity index (χ2v) is 8.64. The first-order valence-corrected chi connectivity index (χ1v) is 12.0. The van der Waals surface area contributed by atoms with E-state index in [1.54, 1.807) is 17.4 Å². The molecule has 0 atom stereocenters. The van der Waals surface area contributed by atoms with Crippen LogP contribution in [0, 0.1) is 0 Å². The highest BCUT2D eigenvalue weighted by Gasteiger charge is 2.12. The van der Waals surface area contributed by atoms with Crippen molar-refractivity contribution in [3.8, 4) is 11.3 Å². The van der Waals surface area contributed by atoms with Crippen molar-refractivity contribution in [2.45, 2.75) is 0 Å². The molecule has 1 aliphatic heterocycles. The summed E-state index contributed by atoms with van der Waals surface area (Å²) in [6, 6.07) is 23.3. The van der Waals surface area contributed by atoms with E-state index in [1.165, 1.54) is 16.5 Å². The summed E-state index contributed by atoms with van der Waals surface area (Å²) in [5.41, 5.74) is 4.44. The van der Waals surface area contributed by atoms with E-state index in [9.17, 15) is 0 Å². The van der Waals surface area contributed by atoms with Crippen molar-refractivity contribution in [2.24, 2.45) is 10.1 Å². The lowest BCUT2D eigenvalue weighted by molar-refractivity contribution is 0.122. The molecule has 0 radical (unpaired) electrons. The Labute approximate surface area is 197 Å². The van der Waals surface area contributed by atoms with Gasteiger partial charge in [-0.2, -0.15) is 5.10 Å². The molecule has 4 aromatic rings. The van der Waals surface area contributed by atoms with E-state index in [0.29, 0.717) is 6.54 Å². The normalized spacial score (nSPS) is 14.9. The minimum atomic E-state index is 0.555. The average Bonchev–Trinajstić information content (AvgIpc) is 3.29. The Morgan fingerprint density at radius 1 is 0.970 bits per heavy atom. The van der Waals surface area contributed by atoms with Crippen molar-refractivity contribution in [1.82, 2.24) is 4.68 Å². The number of anilines is 1. The highest BCUT2D eigenvalue weighted by molar-refractivity contribution is 7.07. The van der Waals surface area contributed by atoms with Gasteiger partial charge in [0.05, 0.1) is 31.7 Å². The van der Waals surface area contributed by atoms with Gasteiger partial charge < -0.3 is 9.64 Å². The number of aromatic nitrogens is 1. The fourth-order valence-corrected chi connectivity index (χ4v) is 4.85. The molecule has 2 heterocycles. The van der Waals surface area contributed by atoms with Crippen LogP contribution in [0.15, 0.2) is 94.9 Å². The van der Waals surface area contributed by atoms with Gasteiger partial charge in [0.15, 0.2) is 0 Å². The van der Waals surface area contributed by atoms with Crippen molar-refractivity contribution < 1.29 is 4.74 Å². The molecular formula is C27H26N4OS. The molecule has 0 aliphatic carbocycles. The number of fused-ring (bicyclic) bond motifs is 1. The van der Waals surface area contributed by atoms with Crippen LogP contribution in [0.2, 0.25) is 0 Å². The molecule has 0 unspecified atom stereocenters. The highest BCUT2D eigenvalue weighted by atomic mass is 32.1. The zero-order valence-corrected chi connectivity index (χ0v) is 19.2. The molecule has 1 saturated heterocycles. The first-order valence-electron chi connectivity index (χ1n) is 11.1. The Kier molecular flexibility index (Phi) is 6.46. The third kappa shape index (κ3) is 4.67. The lowest BCUT2D eigenvalue weighted by Gasteiger charge is -2.28. The molecule has 5 rings (SSSR count). The number of thiazole rings is 1. The lowest BCUT2D eigenvalue weighted by atomic mass is 10.0. The first kappa shape index (κ1) is 21.4. The number of hydrogen-bond donors (Lipinski definition) is 0. The summed E-state index contributed by atoms with van der Waals surface area (Å²) in [6.45, 7) is 7.79. The summed E-state index contributed by atoms with van der Waals surface area (Å²) < 4.78 is 7.40. The van der Waals surface area contributed by atoms with E-state index in [2.05, 4.69) is 88.6 Å². The minimum Gasteiger partial charge on any atom is -0.378 e. The van der Waals surface area contributed by atoms with Crippen LogP contribution >= 0.6 is 11.3 Å². The summed E-state index contributed by atoms with van der Waals surface area (Å²) in [5.74, 6) is 0. The zero-order valence-electron chi connectivity index (χ0n) is 18.4. The van der Waals surface area contributed by atoms with Gasteiger partial charge in [-0.1, -0.05) is 60.7 Å². The van der Waals surface area contributed by atoms with Crippen LogP contribution < -0.4 is 9.70 Å². The van der Waals surface area contributed by atoms with Gasteiger partial charge in [0, 0.05) is 29.7 Å². The molecule has 33 heavy (non-hydrogen) atoms. The van der Waals surface area contributed by atoms with Crippen LogP contribution in [0.25, 0.3) is 22.0 Å². The first-order chi connectivity index (χ1) is 16.3. The topological polar surface area (TPSA) is 42.1 Å². The fraction of sp³-hybridized carbons (Fsp3) is 0.185. The summed E-state index contributed by atoms with van der Waals surface area (Å²) in [7, 11) is 0. The van der Waals surface area contributed by atoms with Gasteiger partial charge in [-0.05, 0) is 28.5 Å². The van der Waals surface area contributed by atoms with E-state index in [4.69, 9.17) is 9.84 Å². The molecule has 3 aromatic carbocycles. The van der Waals surface area contributed by atoms with Crippen molar-refractivity contribution in [3.05, 3.63) is 95.1 Å². The van der Waals surface area contributed by atoms with Crippen LogP contribution in [0.3, 0.4) is 0 Å².